The minimum absolute atomic E-state index is 0. The summed E-state index contributed by atoms with van der Waals surface area (Å²) < 4.78 is 0. The molecule has 2 aromatic carbocycles. The quantitative estimate of drug-likeness (QED) is 0.113. The fourth-order valence-electron chi connectivity index (χ4n) is 6.17. The molecule has 0 unspecified atom stereocenters. The first-order valence-corrected chi connectivity index (χ1v) is 17.9. The zero-order valence-corrected chi connectivity index (χ0v) is 31.0. The third-order valence-electron chi connectivity index (χ3n) is 9.10. The number of nitrogens with zero attached hydrogens (tertiary/aromatic N) is 1. The first-order chi connectivity index (χ1) is 24.0. The van der Waals surface area contributed by atoms with Gasteiger partial charge in [0.1, 0.15) is 18.1 Å². The Hall–Kier alpha value is -4.00. The van der Waals surface area contributed by atoms with E-state index in [-0.39, 0.29) is 49.0 Å². The molecule has 0 aromatic heterocycles. The zero-order chi connectivity index (χ0) is 36.5. The van der Waals surface area contributed by atoms with Gasteiger partial charge in [0.05, 0.1) is 12.5 Å². The number of unbranched alkanes of at least 4 members (excludes halogenated alkanes) is 1. The molecule has 1 heterocycles. The molecule has 1 fully saturated rings. The Kier molecular flexibility index (Phi) is 19.2. The van der Waals surface area contributed by atoms with Crippen LogP contribution in [0.5, 0.6) is 0 Å². The molecule has 0 aliphatic carbocycles. The first-order valence-electron chi connectivity index (χ1n) is 17.9. The van der Waals surface area contributed by atoms with Crippen LogP contribution in [-0.2, 0) is 30.4 Å². The van der Waals surface area contributed by atoms with Gasteiger partial charge in [-0.1, -0.05) is 81.4 Å². The summed E-state index contributed by atoms with van der Waals surface area (Å²) in [5.41, 5.74) is 7.70. The van der Waals surface area contributed by atoms with Gasteiger partial charge in [0.2, 0.25) is 23.6 Å². The number of hydrogen-bond acceptors (Lipinski definition) is 7. The molecule has 2 aromatic rings. The highest BCUT2D eigenvalue weighted by Crippen LogP contribution is 2.19. The lowest BCUT2D eigenvalue weighted by Crippen LogP contribution is -2.58. The molecule has 3 rings (SSSR count). The fraction of sp³-hybridized carbons (Fsp3) is 0.553. The summed E-state index contributed by atoms with van der Waals surface area (Å²) in [4.78, 5) is 67.4. The van der Waals surface area contributed by atoms with Gasteiger partial charge in [-0.05, 0) is 68.0 Å². The van der Waals surface area contributed by atoms with E-state index in [1.54, 1.807) is 4.90 Å². The molecule has 7 N–H and O–H groups in total. The maximum Gasteiger partial charge on any atom is 0.306 e. The van der Waals surface area contributed by atoms with E-state index in [0.717, 1.165) is 11.1 Å². The fourth-order valence-corrected chi connectivity index (χ4v) is 6.17. The van der Waals surface area contributed by atoms with Crippen molar-refractivity contribution < 1.29 is 29.1 Å². The number of nitrogens with one attached hydrogen (secondary N) is 4. The molecule has 0 bridgehead atoms. The Morgan fingerprint density at radius 1 is 0.824 bits per heavy atom. The second-order valence-electron chi connectivity index (χ2n) is 13.7. The Morgan fingerprint density at radius 3 is 2.00 bits per heavy atom. The number of hydrogen-bond donors (Lipinski definition) is 6. The summed E-state index contributed by atoms with van der Waals surface area (Å²) in [6, 6.07) is 16.6. The van der Waals surface area contributed by atoms with Crippen molar-refractivity contribution in [2.45, 2.75) is 89.8 Å². The number of carbonyl (C=O) groups excluding carboxylic acids is 4. The van der Waals surface area contributed by atoms with Crippen molar-refractivity contribution in [3.05, 3.63) is 71.8 Å². The smallest absolute Gasteiger partial charge is 0.306 e. The summed E-state index contributed by atoms with van der Waals surface area (Å²) in [6.45, 7) is 7.58. The molecule has 13 heteroatoms. The number of benzene rings is 2. The van der Waals surface area contributed by atoms with Crippen LogP contribution in [0.2, 0.25) is 0 Å². The maximum atomic E-state index is 13.8. The summed E-state index contributed by atoms with van der Waals surface area (Å²) in [5.74, 6) is -2.74. The van der Waals surface area contributed by atoms with Gasteiger partial charge in [-0.25, -0.2) is 0 Å². The number of aliphatic carboxylic acids is 1. The molecule has 0 radical (unpaired) electrons. The number of carbonyl (C=O) groups is 5. The summed E-state index contributed by atoms with van der Waals surface area (Å²) in [7, 11) is 0. The van der Waals surface area contributed by atoms with Gasteiger partial charge >= 0.3 is 5.97 Å². The van der Waals surface area contributed by atoms with E-state index in [1.165, 1.54) is 0 Å². The SMILES string of the molecule is CC(C)C[C@H](NC(=O)[C@@H](Cc1ccccc1)NC(=O)CNC[C@H](C)c1ccccc1)C(=O)N[C@H](CCCCN)C(=O)N1CCC(C(=O)O)CC1.Cl. The molecule has 1 saturated heterocycles. The van der Waals surface area contributed by atoms with Crippen molar-refractivity contribution in [1.29, 1.82) is 0 Å². The van der Waals surface area contributed by atoms with Gasteiger partial charge in [0.25, 0.3) is 0 Å². The van der Waals surface area contributed by atoms with E-state index >= 15 is 0 Å². The predicted octanol–water partition coefficient (Wildman–Crippen LogP) is 3.00. The lowest BCUT2D eigenvalue weighted by molar-refractivity contribution is -0.146. The third-order valence-corrected chi connectivity index (χ3v) is 9.10. The second kappa shape index (κ2) is 22.7. The highest BCUT2D eigenvalue weighted by atomic mass is 35.5. The summed E-state index contributed by atoms with van der Waals surface area (Å²) in [5, 5.41) is 21.2. The van der Waals surface area contributed by atoms with Crippen molar-refractivity contribution in [3.8, 4) is 0 Å². The van der Waals surface area contributed by atoms with Crippen LogP contribution < -0.4 is 27.0 Å². The number of carboxylic acid groups (broad SMARTS) is 1. The van der Waals surface area contributed by atoms with Crippen molar-refractivity contribution in [2.24, 2.45) is 17.6 Å². The molecule has 4 amide bonds. The first kappa shape index (κ1) is 43.2. The van der Waals surface area contributed by atoms with Crippen LogP contribution in [0.1, 0.15) is 76.3 Å². The minimum atomic E-state index is -0.954. The standard InChI is InChI=1S/C38H56N6O6.ClH/c1-26(2)22-32(35(46)42-31(16-10-11-19-39)37(48)44-20-17-30(18-21-44)38(49)50)43-36(47)33(23-28-12-6-4-7-13-28)41-34(45)25-40-24-27(3)29-14-8-5-9-15-29;/h4-9,12-15,26-27,30-33,40H,10-11,16-25,39H2,1-3H3,(H,41,45)(H,42,46)(H,43,47)(H,49,50);1H/t27-,31+,32-,33+;/m0./s1. The highest BCUT2D eigenvalue weighted by Gasteiger charge is 2.34. The number of nitrogens with two attached hydrogens (primary N) is 1. The van der Waals surface area contributed by atoms with Gasteiger partial charge in [0, 0.05) is 26.1 Å². The van der Waals surface area contributed by atoms with Crippen LogP contribution >= 0.6 is 12.4 Å². The van der Waals surface area contributed by atoms with E-state index in [2.05, 4.69) is 28.2 Å². The van der Waals surface area contributed by atoms with Crippen LogP contribution in [0.3, 0.4) is 0 Å². The lowest BCUT2D eigenvalue weighted by atomic mass is 9.96. The van der Waals surface area contributed by atoms with Gasteiger partial charge in [-0.3, -0.25) is 24.0 Å². The van der Waals surface area contributed by atoms with Gasteiger partial charge in [-0.2, -0.15) is 0 Å². The molecular formula is C38H57ClN6O6. The Balaban J connectivity index is 0.00000901. The van der Waals surface area contributed by atoms with Gasteiger partial charge in [-0.15, -0.1) is 12.4 Å². The van der Waals surface area contributed by atoms with Crippen molar-refractivity contribution in [3.63, 3.8) is 0 Å². The van der Waals surface area contributed by atoms with Crippen molar-refractivity contribution >= 4 is 42.0 Å². The van der Waals surface area contributed by atoms with Crippen molar-refractivity contribution in [1.82, 2.24) is 26.2 Å². The van der Waals surface area contributed by atoms with Crippen molar-refractivity contribution in [2.75, 3.05) is 32.7 Å². The summed E-state index contributed by atoms with van der Waals surface area (Å²) in [6.07, 6.45) is 2.90. The predicted molar refractivity (Wildman–Crippen MR) is 200 cm³/mol. The largest absolute Gasteiger partial charge is 0.481 e. The number of carboxylic acids is 1. The number of halogens is 1. The Morgan fingerprint density at radius 2 is 1.41 bits per heavy atom. The number of likely N-dealkylation sites (tertiary alicyclic amines) is 1. The van der Waals surface area contributed by atoms with Gasteiger partial charge in [0.15, 0.2) is 0 Å². The van der Waals surface area contributed by atoms with Crippen LogP contribution in [0.15, 0.2) is 60.7 Å². The molecule has 4 atom stereocenters. The second-order valence-corrected chi connectivity index (χ2v) is 13.7. The number of rotatable bonds is 20. The molecular weight excluding hydrogens is 672 g/mol. The maximum absolute atomic E-state index is 13.8. The number of amides is 4. The average molecular weight is 729 g/mol. The highest BCUT2D eigenvalue weighted by molar-refractivity contribution is 5.94. The number of piperidine rings is 1. The average Bonchev–Trinajstić information content (AvgIpc) is 3.11. The van der Waals surface area contributed by atoms with E-state index < -0.39 is 41.8 Å². The van der Waals surface area contributed by atoms with E-state index in [0.29, 0.717) is 64.7 Å². The lowest BCUT2D eigenvalue weighted by Gasteiger charge is -2.34. The van der Waals surface area contributed by atoms with Crippen LogP contribution in [0.25, 0.3) is 0 Å². The third kappa shape index (κ3) is 15.0. The Labute approximate surface area is 308 Å². The molecule has 282 valence electrons. The molecule has 1 aliphatic heterocycles. The summed E-state index contributed by atoms with van der Waals surface area (Å²) >= 11 is 0. The van der Waals surface area contributed by atoms with Gasteiger partial charge < -0.3 is 37.0 Å². The molecule has 0 spiro atoms. The minimum Gasteiger partial charge on any atom is -0.481 e. The molecule has 51 heavy (non-hydrogen) atoms. The topological polar surface area (TPSA) is 183 Å². The molecule has 0 saturated carbocycles. The monoisotopic (exact) mass is 728 g/mol. The normalized spacial score (nSPS) is 15.5. The molecule has 1 aliphatic rings. The van der Waals surface area contributed by atoms with Crippen LogP contribution in [0.4, 0.5) is 0 Å². The van der Waals surface area contributed by atoms with Crippen LogP contribution in [-0.4, -0.2) is 90.5 Å². The van der Waals surface area contributed by atoms with E-state index in [1.807, 2.05) is 74.5 Å². The Bertz CT molecular complexity index is 1370. The van der Waals surface area contributed by atoms with E-state index in [4.69, 9.17) is 5.73 Å². The van der Waals surface area contributed by atoms with E-state index in [9.17, 15) is 29.1 Å². The molecule has 12 nitrogen and oxygen atoms in total. The zero-order valence-electron chi connectivity index (χ0n) is 30.1. The van der Waals surface area contributed by atoms with Crippen LogP contribution in [0, 0.1) is 11.8 Å².